The monoisotopic (exact) mass is 337 g/mol. The maximum Gasteiger partial charge on any atom is 0.358 e. The smallest absolute Gasteiger partial charge is 0.358 e. The Bertz CT molecular complexity index is 559. The number of hydrogen-bond donors (Lipinski definition) is 2. The summed E-state index contributed by atoms with van der Waals surface area (Å²) in [6.45, 7) is 6.04. The van der Waals surface area contributed by atoms with Gasteiger partial charge in [-0.15, -0.1) is 17.9 Å². The van der Waals surface area contributed by atoms with E-state index in [2.05, 4.69) is 29.1 Å². The van der Waals surface area contributed by atoms with E-state index < -0.39 is 5.97 Å². The topological polar surface area (TPSA) is 80.3 Å². The number of anilines is 1. The average molecular weight is 337 g/mol. The van der Waals surface area contributed by atoms with Crippen LogP contribution in [0, 0.1) is 5.92 Å². The molecular weight excluding hydrogens is 314 g/mol. The second-order valence-corrected chi connectivity index (χ2v) is 6.58. The van der Waals surface area contributed by atoms with Crippen molar-refractivity contribution in [1.82, 2.24) is 10.3 Å². The number of aromatic nitrogens is 1. The first-order valence-electron chi connectivity index (χ1n) is 7.87. The first kappa shape index (κ1) is 17.5. The predicted octanol–water partition coefficient (Wildman–Crippen LogP) is 2.59. The molecule has 2 N–H and O–H groups in total. The molecule has 0 saturated heterocycles. The van der Waals surface area contributed by atoms with Crippen LogP contribution < -0.4 is 10.6 Å². The van der Waals surface area contributed by atoms with Crippen molar-refractivity contribution < 1.29 is 14.3 Å². The molecule has 0 aliphatic heterocycles. The van der Waals surface area contributed by atoms with Crippen LogP contribution >= 0.6 is 11.3 Å². The Labute approximate surface area is 140 Å². The van der Waals surface area contributed by atoms with Crippen LogP contribution in [0.1, 0.15) is 43.1 Å². The summed E-state index contributed by atoms with van der Waals surface area (Å²) in [6, 6.07) is 0.184. The Hall–Kier alpha value is -1.89. The Morgan fingerprint density at radius 1 is 1.48 bits per heavy atom. The van der Waals surface area contributed by atoms with Crippen LogP contribution in [0.4, 0.5) is 5.13 Å². The van der Waals surface area contributed by atoms with Gasteiger partial charge in [0.15, 0.2) is 17.4 Å². The molecule has 6 nitrogen and oxygen atoms in total. The van der Waals surface area contributed by atoms with Crippen molar-refractivity contribution in [2.24, 2.45) is 5.92 Å². The zero-order chi connectivity index (χ0) is 16.7. The number of esters is 1. The minimum Gasteiger partial charge on any atom is -0.451 e. The number of amides is 1. The number of rotatable bonds is 7. The van der Waals surface area contributed by atoms with Gasteiger partial charge in [-0.1, -0.05) is 25.8 Å². The van der Waals surface area contributed by atoms with E-state index in [4.69, 9.17) is 4.74 Å². The van der Waals surface area contributed by atoms with Gasteiger partial charge >= 0.3 is 5.97 Å². The van der Waals surface area contributed by atoms with Gasteiger partial charge in [-0.05, 0) is 18.8 Å². The normalized spacial score (nSPS) is 20.6. The standard InChI is InChI=1S/C16H23N3O3S/c1-3-8-17-16-19-13(10-23-16)15(21)22-9-14(20)18-12-7-5-4-6-11(12)2/h3,10-12H,1,4-9H2,2H3,(H,17,19)(H,18,20)/t11-,12-/m0/s1. The molecule has 1 heterocycles. The molecule has 1 aliphatic rings. The number of carbonyl (C=O) groups excluding carboxylic acids is 2. The molecule has 1 aromatic heterocycles. The fourth-order valence-electron chi connectivity index (χ4n) is 2.59. The Morgan fingerprint density at radius 2 is 2.26 bits per heavy atom. The van der Waals surface area contributed by atoms with Gasteiger partial charge in [0.2, 0.25) is 0 Å². The molecule has 1 aliphatic carbocycles. The lowest BCUT2D eigenvalue weighted by Crippen LogP contribution is -2.42. The molecule has 1 saturated carbocycles. The van der Waals surface area contributed by atoms with Crippen molar-refractivity contribution in [3.63, 3.8) is 0 Å². The highest BCUT2D eigenvalue weighted by molar-refractivity contribution is 7.13. The Balaban J connectivity index is 1.75. The first-order chi connectivity index (χ1) is 11.1. The van der Waals surface area contributed by atoms with Crippen molar-refractivity contribution in [3.8, 4) is 0 Å². The SMILES string of the molecule is C=CCNc1nc(C(=O)OCC(=O)N[C@H]2CCCC[C@@H]2C)cs1. The minimum atomic E-state index is -0.584. The highest BCUT2D eigenvalue weighted by Crippen LogP contribution is 2.23. The Kier molecular flexibility index (Phi) is 6.58. The van der Waals surface area contributed by atoms with Crippen LogP contribution in [-0.4, -0.2) is 36.1 Å². The van der Waals surface area contributed by atoms with Gasteiger partial charge < -0.3 is 15.4 Å². The second kappa shape index (κ2) is 8.67. The molecule has 1 aromatic rings. The molecule has 1 fully saturated rings. The molecule has 0 bridgehead atoms. The van der Waals surface area contributed by atoms with E-state index in [0.717, 1.165) is 19.3 Å². The first-order valence-corrected chi connectivity index (χ1v) is 8.75. The summed E-state index contributed by atoms with van der Waals surface area (Å²) in [7, 11) is 0. The number of thiazole rings is 1. The summed E-state index contributed by atoms with van der Waals surface area (Å²) in [5.74, 6) is -0.363. The third-order valence-corrected chi connectivity index (χ3v) is 4.70. The number of ether oxygens (including phenoxy) is 1. The van der Waals surface area contributed by atoms with Crippen molar-refractivity contribution in [2.45, 2.75) is 38.6 Å². The largest absolute Gasteiger partial charge is 0.451 e. The van der Waals surface area contributed by atoms with Gasteiger partial charge in [0, 0.05) is 18.0 Å². The van der Waals surface area contributed by atoms with Gasteiger partial charge in [-0.3, -0.25) is 4.79 Å². The van der Waals surface area contributed by atoms with Crippen LogP contribution in [0.15, 0.2) is 18.0 Å². The number of nitrogens with one attached hydrogen (secondary N) is 2. The van der Waals surface area contributed by atoms with Crippen molar-refractivity contribution >= 4 is 28.3 Å². The van der Waals surface area contributed by atoms with Crippen molar-refractivity contribution in [3.05, 3.63) is 23.7 Å². The van der Waals surface area contributed by atoms with Crippen LogP contribution in [0.2, 0.25) is 0 Å². The summed E-state index contributed by atoms with van der Waals surface area (Å²) >= 11 is 1.31. The molecule has 0 spiro atoms. The highest BCUT2D eigenvalue weighted by atomic mass is 32.1. The van der Waals surface area contributed by atoms with E-state index in [1.807, 2.05) is 0 Å². The maximum atomic E-state index is 11.9. The maximum absolute atomic E-state index is 11.9. The molecule has 2 atom stereocenters. The summed E-state index contributed by atoms with van der Waals surface area (Å²) in [5.41, 5.74) is 0.209. The van der Waals surface area contributed by atoms with Crippen LogP contribution in [-0.2, 0) is 9.53 Å². The molecular formula is C16H23N3O3S. The fourth-order valence-corrected chi connectivity index (χ4v) is 3.28. The molecule has 0 radical (unpaired) electrons. The van der Waals surface area contributed by atoms with E-state index in [1.54, 1.807) is 11.5 Å². The highest BCUT2D eigenvalue weighted by Gasteiger charge is 2.23. The number of nitrogens with zero attached hydrogens (tertiary/aromatic N) is 1. The van der Waals surface area contributed by atoms with Gasteiger partial charge in [-0.25, -0.2) is 9.78 Å². The van der Waals surface area contributed by atoms with Crippen LogP contribution in [0.5, 0.6) is 0 Å². The van der Waals surface area contributed by atoms with Crippen molar-refractivity contribution in [1.29, 1.82) is 0 Å². The lowest BCUT2D eigenvalue weighted by Gasteiger charge is -2.29. The molecule has 0 unspecified atom stereocenters. The van der Waals surface area contributed by atoms with E-state index in [1.165, 1.54) is 17.8 Å². The van der Waals surface area contributed by atoms with Gasteiger partial charge in [0.05, 0.1) is 0 Å². The van der Waals surface area contributed by atoms with E-state index >= 15 is 0 Å². The van der Waals surface area contributed by atoms with E-state index in [9.17, 15) is 9.59 Å². The molecule has 126 valence electrons. The quantitative estimate of drug-likeness (QED) is 0.590. The summed E-state index contributed by atoms with van der Waals surface area (Å²) in [4.78, 5) is 27.9. The summed E-state index contributed by atoms with van der Waals surface area (Å²) in [5, 5.41) is 8.18. The van der Waals surface area contributed by atoms with Gasteiger partial charge in [0.1, 0.15) is 0 Å². The van der Waals surface area contributed by atoms with E-state index in [0.29, 0.717) is 17.6 Å². The van der Waals surface area contributed by atoms with Crippen LogP contribution in [0.3, 0.4) is 0 Å². The Morgan fingerprint density at radius 3 is 3.00 bits per heavy atom. The third-order valence-electron chi connectivity index (χ3n) is 3.90. The average Bonchev–Trinajstić information content (AvgIpc) is 3.02. The lowest BCUT2D eigenvalue weighted by molar-refractivity contribution is -0.125. The number of carbonyl (C=O) groups is 2. The summed E-state index contributed by atoms with van der Waals surface area (Å²) < 4.78 is 5.03. The summed E-state index contributed by atoms with van der Waals surface area (Å²) in [6.07, 6.45) is 6.17. The second-order valence-electron chi connectivity index (χ2n) is 5.72. The van der Waals surface area contributed by atoms with Crippen LogP contribution in [0.25, 0.3) is 0 Å². The fraction of sp³-hybridized carbons (Fsp3) is 0.562. The molecule has 7 heteroatoms. The molecule has 2 rings (SSSR count). The third kappa shape index (κ3) is 5.35. The number of hydrogen-bond acceptors (Lipinski definition) is 6. The lowest BCUT2D eigenvalue weighted by atomic mass is 9.86. The van der Waals surface area contributed by atoms with Crippen molar-refractivity contribution in [2.75, 3.05) is 18.5 Å². The minimum absolute atomic E-state index is 0.184. The molecule has 23 heavy (non-hydrogen) atoms. The zero-order valence-electron chi connectivity index (χ0n) is 13.3. The predicted molar refractivity (Wildman–Crippen MR) is 90.6 cm³/mol. The zero-order valence-corrected chi connectivity index (χ0v) is 14.2. The van der Waals surface area contributed by atoms with Gasteiger partial charge in [-0.2, -0.15) is 0 Å². The van der Waals surface area contributed by atoms with Gasteiger partial charge in [0.25, 0.3) is 5.91 Å². The molecule has 1 amide bonds. The molecule has 0 aromatic carbocycles. The van der Waals surface area contributed by atoms with E-state index in [-0.39, 0.29) is 24.2 Å².